The Morgan fingerprint density at radius 1 is 0.378 bits per heavy atom. The van der Waals surface area contributed by atoms with Crippen LogP contribution in [0.1, 0.15) is 373 Å². The summed E-state index contributed by atoms with van der Waals surface area (Å²) in [4.78, 5) is 38.0. The van der Waals surface area contributed by atoms with Crippen LogP contribution in [0.2, 0.25) is 0 Å². The molecule has 0 aliphatic rings. The Balaban J connectivity index is 3.82. The smallest absolute Gasteiger partial charge is 0.306 e. The van der Waals surface area contributed by atoms with Crippen LogP contribution in [0.5, 0.6) is 0 Å². The second-order valence-corrected chi connectivity index (χ2v) is 27.4. The molecule has 0 aliphatic heterocycles. The van der Waals surface area contributed by atoms with Crippen molar-refractivity contribution in [1.82, 2.24) is 0 Å². The first-order chi connectivity index (χ1) is 40.0. The van der Waals surface area contributed by atoms with Crippen LogP contribution in [-0.2, 0) is 32.7 Å². The average molecular weight is 1180 g/mol. The molecule has 82 heavy (non-hydrogen) atoms. The molecule has 0 radical (unpaired) electrons. The lowest BCUT2D eigenvalue weighted by Gasteiger charge is -2.28. The summed E-state index contributed by atoms with van der Waals surface area (Å²) >= 11 is 0. The fourth-order valence-electron chi connectivity index (χ4n) is 10.9. The van der Waals surface area contributed by atoms with Gasteiger partial charge in [-0.1, -0.05) is 340 Å². The highest BCUT2D eigenvalue weighted by atomic mass is 31.2. The third kappa shape index (κ3) is 67.6. The van der Waals surface area contributed by atoms with Gasteiger partial charge < -0.3 is 27.9 Å². The van der Waals surface area contributed by atoms with Crippen molar-refractivity contribution in [3.05, 3.63) is 24.3 Å². The van der Waals surface area contributed by atoms with Crippen LogP contribution in [0.3, 0.4) is 0 Å². The summed E-state index contributed by atoms with van der Waals surface area (Å²) in [5, 5.41) is 0. The number of quaternary nitrogens is 1. The van der Waals surface area contributed by atoms with Gasteiger partial charge in [-0.05, 0) is 44.9 Å². The maximum absolute atomic E-state index is 12.8. The number of ether oxygens (including phenoxy) is 2. The van der Waals surface area contributed by atoms with E-state index in [9.17, 15) is 19.0 Å². The highest BCUT2D eigenvalue weighted by molar-refractivity contribution is 7.45. The number of hydrogen-bond donors (Lipinski definition) is 0. The van der Waals surface area contributed by atoms with Crippen LogP contribution in [0, 0.1) is 0 Å². The highest BCUT2D eigenvalue weighted by Crippen LogP contribution is 2.38. The second-order valence-electron chi connectivity index (χ2n) is 26.0. The average Bonchev–Trinajstić information content (AvgIpc) is 3.46. The van der Waals surface area contributed by atoms with E-state index >= 15 is 0 Å². The molecular weight excluding hydrogens is 1040 g/mol. The summed E-state index contributed by atoms with van der Waals surface area (Å²) in [6.07, 6.45) is 80.2. The first-order valence-electron chi connectivity index (χ1n) is 36.0. The number of carbonyl (C=O) groups is 2. The van der Waals surface area contributed by atoms with Crippen molar-refractivity contribution in [3.8, 4) is 0 Å². The van der Waals surface area contributed by atoms with Gasteiger partial charge in [-0.15, -0.1) is 0 Å². The topological polar surface area (TPSA) is 111 Å². The number of hydrogen-bond acceptors (Lipinski definition) is 8. The Hall–Kier alpha value is -1.51. The summed E-state index contributed by atoms with van der Waals surface area (Å²) in [6, 6.07) is 0. The van der Waals surface area contributed by atoms with Gasteiger partial charge in [0.05, 0.1) is 27.7 Å². The molecule has 0 fully saturated rings. The fourth-order valence-corrected chi connectivity index (χ4v) is 11.7. The van der Waals surface area contributed by atoms with E-state index in [-0.39, 0.29) is 32.0 Å². The molecule has 9 nitrogen and oxygen atoms in total. The zero-order valence-electron chi connectivity index (χ0n) is 55.5. The molecule has 10 heteroatoms. The number of esters is 2. The molecule has 0 rings (SSSR count). The van der Waals surface area contributed by atoms with Gasteiger partial charge >= 0.3 is 11.9 Å². The molecular formula is C72H140NO8P. The van der Waals surface area contributed by atoms with Crippen LogP contribution >= 0.6 is 7.82 Å². The van der Waals surface area contributed by atoms with Crippen molar-refractivity contribution in [2.75, 3.05) is 47.5 Å². The Kier molecular flexibility index (Phi) is 62.8. The monoisotopic (exact) mass is 1180 g/mol. The molecule has 0 aromatic heterocycles. The van der Waals surface area contributed by atoms with Crippen LogP contribution < -0.4 is 4.89 Å². The van der Waals surface area contributed by atoms with E-state index in [4.69, 9.17) is 18.5 Å². The molecule has 2 unspecified atom stereocenters. The maximum Gasteiger partial charge on any atom is 0.306 e. The number of likely N-dealkylation sites (N-methyl/N-ethyl adjacent to an activating group) is 1. The minimum absolute atomic E-state index is 0.0301. The standard InChI is InChI=1S/C72H140NO8P/c1-6-8-10-12-14-16-18-20-22-24-25-26-27-28-29-30-31-32-33-34-35-36-37-38-39-40-41-42-43-44-45-46-47-49-50-52-54-56-58-60-62-64-71(74)78-68-70(69-80-82(76,77)79-67-66-73(3,4)5)81-72(75)65-63-61-59-57-55-53-51-48-23-21-19-17-15-13-11-9-7-2/h15,17,21,23,70H,6-14,16,18-20,22,24-69H2,1-5H3/b17-15-,23-21-. The van der Waals surface area contributed by atoms with Crippen molar-refractivity contribution >= 4 is 19.8 Å². The largest absolute Gasteiger partial charge is 0.756 e. The number of rotatable bonds is 68. The zero-order chi connectivity index (χ0) is 59.8. The van der Waals surface area contributed by atoms with E-state index in [1.54, 1.807) is 0 Å². The van der Waals surface area contributed by atoms with Crippen molar-refractivity contribution < 1.29 is 42.1 Å². The third-order valence-corrected chi connectivity index (χ3v) is 17.4. The quantitative estimate of drug-likeness (QED) is 0.0195. The van der Waals surface area contributed by atoms with E-state index in [0.717, 1.165) is 51.4 Å². The van der Waals surface area contributed by atoms with Crippen LogP contribution in [-0.4, -0.2) is 70.0 Å². The van der Waals surface area contributed by atoms with E-state index in [1.165, 1.54) is 289 Å². The summed E-state index contributed by atoms with van der Waals surface area (Å²) < 4.78 is 34.2. The van der Waals surface area contributed by atoms with Gasteiger partial charge in [-0.3, -0.25) is 14.2 Å². The number of allylic oxidation sites excluding steroid dienone is 4. The number of nitrogens with zero attached hydrogens (tertiary/aromatic N) is 1. The van der Waals surface area contributed by atoms with Gasteiger partial charge in [-0.2, -0.15) is 0 Å². The number of carbonyl (C=O) groups excluding carboxylic acids is 2. The predicted molar refractivity (Wildman–Crippen MR) is 351 cm³/mol. The zero-order valence-corrected chi connectivity index (χ0v) is 56.4. The Bertz CT molecular complexity index is 1430. The van der Waals surface area contributed by atoms with E-state index in [1.807, 2.05) is 21.1 Å². The summed E-state index contributed by atoms with van der Waals surface area (Å²) in [7, 11) is 1.18. The van der Waals surface area contributed by atoms with Crippen molar-refractivity contribution in [2.45, 2.75) is 380 Å². The number of unbranched alkanes of at least 4 members (excludes halogenated alkanes) is 50. The maximum atomic E-state index is 12.8. The molecule has 0 saturated heterocycles. The fraction of sp³-hybridized carbons (Fsp3) is 0.917. The predicted octanol–water partition coefficient (Wildman–Crippen LogP) is 22.6. The Morgan fingerprint density at radius 2 is 0.659 bits per heavy atom. The van der Waals surface area contributed by atoms with Crippen molar-refractivity contribution in [1.29, 1.82) is 0 Å². The van der Waals surface area contributed by atoms with Crippen molar-refractivity contribution in [2.24, 2.45) is 0 Å². The molecule has 0 N–H and O–H groups in total. The van der Waals surface area contributed by atoms with E-state index < -0.39 is 26.5 Å². The molecule has 0 aromatic rings. The van der Waals surface area contributed by atoms with Crippen LogP contribution in [0.25, 0.3) is 0 Å². The Morgan fingerprint density at radius 3 is 0.988 bits per heavy atom. The summed E-state index contributed by atoms with van der Waals surface area (Å²) in [5.74, 6) is -0.824. The van der Waals surface area contributed by atoms with Gasteiger partial charge in [0.2, 0.25) is 0 Å². The lowest BCUT2D eigenvalue weighted by molar-refractivity contribution is -0.870. The normalized spacial score (nSPS) is 13.2. The SMILES string of the molecule is CCCCC/C=C\C/C=C\CCCCCCCCCC(=O)OC(COC(=O)CCCCCCCCCCCCCCCCCCCCCCCCCCCCCCCCCCCCCCCCCCC)COP(=O)([O-])OCC[N+](C)(C)C. The molecule has 2 atom stereocenters. The van der Waals surface area contributed by atoms with Crippen LogP contribution in [0.15, 0.2) is 24.3 Å². The summed E-state index contributed by atoms with van der Waals surface area (Å²) in [6.45, 7) is 4.27. The highest BCUT2D eigenvalue weighted by Gasteiger charge is 2.22. The molecule has 0 aromatic carbocycles. The third-order valence-electron chi connectivity index (χ3n) is 16.5. The molecule has 0 saturated carbocycles. The van der Waals surface area contributed by atoms with E-state index in [2.05, 4.69) is 38.2 Å². The molecule has 0 spiro atoms. The molecule has 0 aliphatic carbocycles. The first kappa shape index (κ1) is 80.5. The van der Waals surface area contributed by atoms with Gasteiger partial charge in [0.15, 0.2) is 6.10 Å². The lowest BCUT2D eigenvalue weighted by Crippen LogP contribution is -2.37. The summed E-state index contributed by atoms with van der Waals surface area (Å²) in [5.41, 5.74) is 0. The van der Waals surface area contributed by atoms with E-state index in [0.29, 0.717) is 17.4 Å². The van der Waals surface area contributed by atoms with Gasteiger partial charge in [0.25, 0.3) is 7.82 Å². The first-order valence-corrected chi connectivity index (χ1v) is 37.5. The lowest BCUT2D eigenvalue weighted by atomic mass is 10.0. The molecule has 486 valence electrons. The minimum atomic E-state index is -4.64. The molecule has 0 bridgehead atoms. The van der Waals surface area contributed by atoms with Crippen LogP contribution in [0.4, 0.5) is 0 Å². The minimum Gasteiger partial charge on any atom is -0.756 e. The number of phosphoric acid groups is 1. The molecule has 0 amide bonds. The van der Waals surface area contributed by atoms with Gasteiger partial charge in [-0.25, -0.2) is 0 Å². The molecule has 0 heterocycles. The van der Waals surface area contributed by atoms with Gasteiger partial charge in [0.1, 0.15) is 19.8 Å². The Labute approximate surface area is 510 Å². The van der Waals surface area contributed by atoms with Crippen molar-refractivity contribution in [3.63, 3.8) is 0 Å². The number of phosphoric ester groups is 1. The van der Waals surface area contributed by atoms with Gasteiger partial charge in [0, 0.05) is 12.8 Å². The second kappa shape index (κ2) is 64.0.